The van der Waals surface area contributed by atoms with Crippen LogP contribution in [0, 0.1) is 0 Å². The number of hydrogen-bond acceptors (Lipinski definition) is 4. The summed E-state index contributed by atoms with van der Waals surface area (Å²) in [5.74, 6) is 1.96. The van der Waals surface area contributed by atoms with Gasteiger partial charge in [0.25, 0.3) is 0 Å². The monoisotopic (exact) mass is 667 g/mol. The molecule has 0 aliphatic heterocycles. The molecule has 0 bridgehead atoms. The van der Waals surface area contributed by atoms with Crippen LogP contribution in [0.25, 0.3) is 89.5 Å². The molecular formula is C48H33N3O. The first-order valence-corrected chi connectivity index (χ1v) is 17.7. The first kappa shape index (κ1) is 30.2. The summed E-state index contributed by atoms with van der Waals surface area (Å²) >= 11 is 0. The standard InChI is InChI=1S/C48H33N3O/c1-48(2)41-27-24-36(29-40(41)38-25-26-39-37-18-9-10-19-42(37)52-44(39)43(38)48)35-17-11-16-34(28-35)30-20-22-33(23-21-30)47-50-45(31-12-5-3-6-13-31)49-46(51-47)32-14-7-4-8-15-32/h3-29H,1-2H3. The molecule has 1 aliphatic carbocycles. The fourth-order valence-corrected chi connectivity index (χ4v) is 7.89. The molecule has 0 atom stereocenters. The van der Waals surface area contributed by atoms with Crippen molar-refractivity contribution in [1.82, 2.24) is 15.0 Å². The highest BCUT2D eigenvalue weighted by atomic mass is 16.3. The van der Waals surface area contributed by atoms with Crippen molar-refractivity contribution in [2.75, 3.05) is 0 Å². The number of rotatable bonds is 5. The van der Waals surface area contributed by atoms with Gasteiger partial charge in [0.2, 0.25) is 0 Å². The third kappa shape index (κ3) is 4.87. The summed E-state index contributed by atoms with van der Waals surface area (Å²) in [6.07, 6.45) is 0. The van der Waals surface area contributed by atoms with Gasteiger partial charge in [0.1, 0.15) is 11.2 Å². The van der Waals surface area contributed by atoms with Crippen LogP contribution in [-0.2, 0) is 5.41 Å². The first-order valence-electron chi connectivity index (χ1n) is 17.7. The van der Waals surface area contributed by atoms with Crippen molar-refractivity contribution in [3.63, 3.8) is 0 Å². The molecule has 2 heterocycles. The molecule has 0 unspecified atom stereocenters. The van der Waals surface area contributed by atoms with Crippen molar-refractivity contribution in [3.05, 3.63) is 175 Å². The zero-order valence-corrected chi connectivity index (χ0v) is 28.8. The molecule has 9 aromatic rings. The minimum Gasteiger partial charge on any atom is -0.456 e. The largest absolute Gasteiger partial charge is 0.456 e. The van der Waals surface area contributed by atoms with Gasteiger partial charge in [-0.1, -0.05) is 153 Å². The first-order chi connectivity index (χ1) is 25.5. The summed E-state index contributed by atoms with van der Waals surface area (Å²) in [6.45, 7) is 4.63. The SMILES string of the molecule is CC1(C)c2ccc(-c3cccc(-c4ccc(-c5nc(-c6ccccc6)nc(-c6ccccc6)n5)cc4)c3)cc2-c2ccc3c(oc4ccccc43)c21. The molecule has 10 rings (SSSR count). The highest BCUT2D eigenvalue weighted by molar-refractivity contribution is 6.09. The predicted octanol–water partition coefficient (Wildman–Crippen LogP) is 12.4. The number of para-hydroxylation sites is 1. The van der Waals surface area contributed by atoms with Crippen molar-refractivity contribution < 1.29 is 4.42 Å². The molecule has 0 saturated heterocycles. The zero-order chi connectivity index (χ0) is 34.8. The lowest BCUT2D eigenvalue weighted by Gasteiger charge is -2.21. The van der Waals surface area contributed by atoms with Crippen molar-refractivity contribution in [3.8, 4) is 67.5 Å². The Labute approximate surface area is 302 Å². The van der Waals surface area contributed by atoms with Crippen molar-refractivity contribution in [2.24, 2.45) is 0 Å². The van der Waals surface area contributed by atoms with E-state index in [2.05, 4.69) is 111 Å². The molecule has 0 spiro atoms. The van der Waals surface area contributed by atoms with E-state index in [1.54, 1.807) is 0 Å². The Morgan fingerprint density at radius 3 is 1.60 bits per heavy atom. The topological polar surface area (TPSA) is 51.8 Å². The van der Waals surface area contributed by atoms with Crippen LogP contribution >= 0.6 is 0 Å². The van der Waals surface area contributed by atoms with Crippen LogP contribution in [0.3, 0.4) is 0 Å². The molecule has 0 N–H and O–H groups in total. The lowest BCUT2D eigenvalue weighted by atomic mass is 9.81. The second kappa shape index (κ2) is 11.7. The van der Waals surface area contributed by atoms with Crippen LogP contribution in [0.2, 0.25) is 0 Å². The number of aromatic nitrogens is 3. The van der Waals surface area contributed by atoms with E-state index in [-0.39, 0.29) is 5.41 Å². The van der Waals surface area contributed by atoms with Gasteiger partial charge in [-0.05, 0) is 63.2 Å². The van der Waals surface area contributed by atoms with Gasteiger partial charge in [0.15, 0.2) is 17.5 Å². The second-order valence-electron chi connectivity index (χ2n) is 14.0. The molecule has 0 saturated carbocycles. The number of fused-ring (bicyclic) bond motifs is 7. The molecular weight excluding hydrogens is 635 g/mol. The van der Waals surface area contributed by atoms with Gasteiger partial charge in [-0.25, -0.2) is 15.0 Å². The lowest BCUT2D eigenvalue weighted by molar-refractivity contribution is 0.620. The second-order valence-corrected chi connectivity index (χ2v) is 14.0. The molecule has 1 aliphatic rings. The van der Waals surface area contributed by atoms with E-state index in [0.717, 1.165) is 39.0 Å². The third-order valence-corrected chi connectivity index (χ3v) is 10.5. The summed E-state index contributed by atoms with van der Waals surface area (Å²) in [5, 5.41) is 2.35. The van der Waals surface area contributed by atoms with E-state index in [9.17, 15) is 0 Å². The Bertz CT molecular complexity index is 2740. The van der Waals surface area contributed by atoms with E-state index >= 15 is 0 Å². The number of nitrogens with zero attached hydrogens (tertiary/aromatic N) is 3. The maximum Gasteiger partial charge on any atom is 0.164 e. The van der Waals surface area contributed by atoms with Gasteiger partial charge >= 0.3 is 0 Å². The predicted molar refractivity (Wildman–Crippen MR) is 212 cm³/mol. The summed E-state index contributed by atoms with van der Waals surface area (Å²) in [4.78, 5) is 14.7. The molecule has 0 amide bonds. The van der Waals surface area contributed by atoms with Gasteiger partial charge in [0.05, 0.1) is 0 Å². The minimum absolute atomic E-state index is 0.178. The molecule has 2 aromatic heterocycles. The molecule has 4 heteroatoms. The Morgan fingerprint density at radius 1 is 0.404 bits per heavy atom. The normalized spacial score (nSPS) is 13.0. The van der Waals surface area contributed by atoms with E-state index in [0.29, 0.717) is 17.5 Å². The molecule has 0 fully saturated rings. The fourth-order valence-electron chi connectivity index (χ4n) is 7.89. The van der Waals surface area contributed by atoms with Gasteiger partial charge in [0, 0.05) is 38.4 Å². The Balaban J connectivity index is 1.00. The highest BCUT2D eigenvalue weighted by Gasteiger charge is 2.38. The van der Waals surface area contributed by atoms with Gasteiger partial charge in [-0.2, -0.15) is 0 Å². The molecule has 246 valence electrons. The van der Waals surface area contributed by atoms with E-state index in [4.69, 9.17) is 19.4 Å². The molecule has 0 radical (unpaired) electrons. The van der Waals surface area contributed by atoms with Crippen LogP contribution in [0.4, 0.5) is 0 Å². The number of benzene rings is 7. The van der Waals surface area contributed by atoms with Crippen molar-refractivity contribution in [1.29, 1.82) is 0 Å². The maximum absolute atomic E-state index is 6.52. The minimum atomic E-state index is -0.178. The van der Waals surface area contributed by atoms with Gasteiger partial charge in [-0.15, -0.1) is 0 Å². The average molecular weight is 668 g/mol. The summed E-state index contributed by atoms with van der Waals surface area (Å²) < 4.78 is 6.52. The summed E-state index contributed by atoms with van der Waals surface area (Å²) in [5.41, 5.74) is 14.4. The molecule has 7 aromatic carbocycles. The Kier molecular flexibility index (Phi) is 6.80. The van der Waals surface area contributed by atoms with Crippen LogP contribution in [0.1, 0.15) is 25.0 Å². The van der Waals surface area contributed by atoms with E-state index < -0.39 is 0 Å². The Hall–Kier alpha value is -6.65. The molecule has 52 heavy (non-hydrogen) atoms. The Morgan fingerprint density at radius 2 is 0.923 bits per heavy atom. The lowest BCUT2D eigenvalue weighted by Crippen LogP contribution is -2.15. The van der Waals surface area contributed by atoms with Gasteiger partial charge in [-0.3, -0.25) is 0 Å². The quantitative estimate of drug-likeness (QED) is 0.183. The van der Waals surface area contributed by atoms with E-state index in [1.165, 1.54) is 44.2 Å². The highest BCUT2D eigenvalue weighted by Crippen LogP contribution is 2.53. The van der Waals surface area contributed by atoms with Crippen LogP contribution in [0.15, 0.2) is 168 Å². The number of furan rings is 1. The van der Waals surface area contributed by atoms with Crippen LogP contribution in [0.5, 0.6) is 0 Å². The third-order valence-electron chi connectivity index (χ3n) is 10.5. The van der Waals surface area contributed by atoms with Crippen molar-refractivity contribution >= 4 is 21.9 Å². The van der Waals surface area contributed by atoms with E-state index in [1.807, 2.05) is 66.7 Å². The number of hydrogen-bond donors (Lipinski definition) is 0. The fraction of sp³-hybridized carbons (Fsp3) is 0.0625. The van der Waals surface area contributed by atoms with Gasteiger partial charge < -0.3 is 4.42 Å². The van der Waals surface area contributed by atoms with Crippen LogP contribution < -0.4 is 0 Å². The zero-order valence-electron chi connectivity index (χ0n) is 28.8. The summed E-state index contributed by atoms with van der Waals surface area (Å²) in [6, 6.07) is 57.2. The van der Waals surface area contributed by atoms with Crippen molar-refractivity contribution in [2.45, 2.75) is 19.3 Å². The average Bonchev–Trinajstić information content (AvgIpc) is 3.70. The smallest absolute Gasteiger partial charge is 0.164 e. The maximum atomic E-state index is 6.52. The molecule has 4 nitrogen and oxygen atoms in total. The van der Waals surface area contributed by atoms with Crippen LogP contribution in [-0.4, -0.2) is 15.0 Å². The summed E-state index contributed by atoms with van der Waals surface area (Å²) in [7, 11) is 0.